The zero-order valence-electron chi connectivity index (χ0n) is 21.6. The van der Waals surface area contributed by atoms with E-state index in [0.717, 1.165) is 30.4 Å². The van der Waals surface area contributed by atoms with Crippen LogP contribution in [0, 0.1) is 29.1 Å². The molecule has 5 aliphatic rings. The van der Waals surface area contributed by atoms with Gasteiger partial charge in [0.1, 0.15) is 11.7 Å². The molecule has 1 saturated carbocycles. The van der Waals surface area contributed by atoms with E-state index in [0.29, 0.717) is 18.4 Å². The van der Waals surface area contributed by atoms with Gasteiger partial charge in [0.2, 0.25) is 0 Å². The number of hydrogen-bond acceptors (Lipinski definition) is 5. The summed E-state index contributed by atoms with van der Waals surface area (Å²) in [5.74, 6) is -0.230. The molecule has 5 rings (SSSR count). The van der Waals surface area contributed by atoms with E-state index in [2.05, 4.69) is 26.5 Å². The number of esters is 2. The first kappa shape index (κ1) is 24.3. The van der Waals surface area contributed by atoms with Crippen LogP contribution in [0.3, 0.4) is 0 Å². The number of carbonyl (C=O) groups excluding carboxylic acids is 2. The molecule has 0 amide bonds. The van der Waals surface area contributed by atoms with Gasteiger partial charge in [-0.05, 0) is 86.5 Å². The molecule has 1 fully saturated rings. The molecule has 0 spiro atoms. The monoisotopic (exact) mass is 478 g/mol. The van der Waals surface area contributed by atoms with Crippen LogP contribution in [0.2, 0.25) is 0 Å². The number of ether oxygens (including phenoxy) is 2. The highest BCUT2D eigenvalue weighted by atomic mass is 16.6. The van der Waals surface area contributed by atoms with Gasteiger partial charge in [-0.1, -0.05) is 38.7 Å². The van der Waals surface area contributed by atoms with Gasteiger partial charge in [-0.25, -0.2) is 9.59 Å². The highest BCUT2D eigenvalue weighted by molar-refractivity contribution is 5.88. The first-order valence-electron chi connectivity index (χ1n) is 13.0. The Morgan fingerprint density at radius 1 is 1.11 bits per heavy atom. The molecule has 5 heteroatoms. The molecule has 0 aromatic carbocycles. The van der Waals surface area contributed by atoms with Crippen LogP contribution >= 0.6 is 0 Å². The third-order valence-electron chi connectivity index (χ3n) is 9.74. The van der Waals surface area contributed by atoms with Crippen molar-refractivity contribution in [1.82, 2.24) is 0 Å². The maximum absolute atomic E-state index is 12.2. The average molecular weight is 479 g/mol. The topological polar surface area (TPSA) is 72.8 Å². The molecule has 4 unspecified atom stereocenters. The van der Waals surface area contributed by atoms with Crippen LogP contribution in [0.15, 0.2) is 59.3 Å². The first-order chi connectivity index (χ1) is 16.4. The largest absolute Gasteiger partial charge is 0.458 e. The van der Waals surface area contributed by atoms with Gasteiger partial charge in [0.05, 0.1) is 5.60 Å². The number of rotatable bonds is 2. The second-order valence-corrected chi connectivity index (χ2v) is 12.2. The van der Waals surface area contributed by atoms with E-state index in [1.165, 1.54) is 11.6 Å². The van der Waals surface area contributed by atoms with Crippen LogP contribution in [0.25, 0.3) is 0 Å². The van der Waals surface area contributed by atoms with Crippen molar-refractivity contribution >= 4 is 11.9 Å². The van der Waals surface area contributed by atoms with Gasteiger partial charge in [0.25, 0.3) is 0 Å². The third-order valence-corrected chi connectivity index (χ3v) is 9.74. The normalized spacial score (nSPS) is 41.1. The summed E-state index contributed by atoms with van der Waals surface area (Å²) in [7, 11) is 0. The Labute approximate surface area is 208 Å². The molecular weight excluding hydrogens is 440 g/mol. The fourth-order valence-electron chi connectivity index (χ4n) is 7.69. The molecule has 7 atom stereocenters. The number of allylic oxidation sites excluding steroid dienone is 3. The van der Waals surface area contributed by atoms with Crippen LogP contribution in [-0.4, -0.2) is 34.4 Å². The van der Waals surface area contributed by atoms with E-state index >= 15 is 0 Å². The van der Waals surface area contributed by atoms with Crippen LogP contribution in [0.4, 0.5) is 0 Å². The summed E-state index contributed by atoms with van der Waals surface area (Å²) in [6.45, 7) is 14.7. The van der Waals surface area contributed by atoms with Crippen LogP contribution in [0.1, 0.15) is 66.7 Å². The highest BCUT2D eigenvalue weighted by Gasteiger charge is 2.61. The lowest BCUT2D eigenvalue weighted by molar-refractivity contribution is -0.153. The number of aliphatic hydroxyl groups is 1. The Morgan fingerprint density at radius 2 is 1.86 bits per heavy atom. The number of carbonyl (C=O) groups is 2. The molecule has 0 aromatic heterocycles. The van der Waals surface area contributed by atoms with E-state index < -0.39 is 11.2 Å². The molecule has 3 aliphatic carbocycles. The first-order valence-corrected chi connectivity index (χ1v) is 13.0. The molecule has 0 radical (unpaired) electrons. The van der Waals surface area contributed by atoms with Gasteiger partial charge in [-0.15, -0.1) is 0 Å². The Morgan fingerprint density at radius 3 is 2.57 bits per heavy atom. The Kier molecular flexibility index (Phi) is 5.59. The fraction of sp³-hybridized carbons (Fsp3) is 0.600. The fourth-order valence-corrected chi connectivity index (χ4v) is 7.69. The molecule has 0 aromatic rings. The Hall–Kier alpha value is -2.40. The molecule has 2 aliphatic heterocycles. The van der Waals surface area contributed by atoms with E-state index in [1.54, 1.807) is 6.92 Å². The molecule has 0 bridgehead atoms. The number of hydrogen-bond donors (Lipinski definition) is 1. The van der Waals surface area contributed by atoms with Gasteiger partial charge in [0.15, 0.2) is 0 Å². The summed E-state index contributed by atoms with van der Waals surface area (Å²) < 4.78 is 11.5. The summed E-state index contributed by atoms with van der Waals surface area (Å²) in [4.78, 5) is 24.3. The lowest BCUT2D eigenvalue weighted by atomic mass is 9.61. The van der Waals surface area contributed by atoms with Crippen molar-refractivity contribution < 1.29 is 24.2 Å². The summed E-state index contributed by atoms with van der Waals surface area (Å²) in [6, 6.07) is 0. The Bertz CT molecular complexity index is 1100. The van der Waals surface area contributed by atoms with Crippen molar-refractivity contribution in [2.24, 2.45) is 29.1 Å². The number of fused-ring (bicyclic) bond motifs is 4. The molecule has 35 heavy (non-hydrogen) atoms. The van der Waals surface area contributed by atoms with Crippen LogP contribution < -0.4 is 0 Å². The van der Waals surface area contributed by atoms with E-state index in [4.69, 9.17) is 9.47 Å². The molecule has 1 N–H and O–H groups in total. The van der Waals surface area contributed by atoms with Gasteiger partial charge >= 0.3 is 11.9 Å². The lowest BCUT2D eigenvalue weighted by Crippen LogP contribution is -2.40. The summed E-state index contributed by atoms with van der Waals surface area (Å²) >= 11 is 0. The minimum atomic E-state index is -0.968. The SMILES string of the molecule is C=C1C([C@@H](C)C2CC=C(C)C(=O)O2)=CC[C@]2(C)C1C[C@]1(O)C=C3C=CC(=O)OC(C)(C)C3CCC21. The van der Waals surface area contributed by atoms with Crippen molar-refractivity contribution in [2.45, 2.75) is 84.0 Å². The third kappa shape index (κ3) is 3.78. The predicted molar refractivity (Wildman–Crippen MR) is 134 cm³/mol. The molecular formula is C30H38O5. The van der Waals surface area contributed by atoms with E-state index in [1.807, 2.05) is 32.1 Å². The second kappa shape index (κ2) is 8.06. The van der Waals surface area contributed by atoms with Crippen molar-refractivity contribution in [2.75, 3.05) is 0 Å². The number of cyclic esters (lactones) is 2. The van der Waals surface area contributed by atoms with E-state index in [-0.39, 0.29) is 47.1 Å². The molecule has 0 saturated heterocycles. The minimum absolute atomic E-state index is 0.0527. The van der Waals surface area contributed by atoms with Crippen LogP contribution in [0.5, 0.6) is 0 Å². The zero-order valence-corrected chi connectivity index (χ0v) is 21.6. The quantitative estimate of drug-likeness (QED) is 0.540. The van der Waals surface area contributed by atoms with E-state index in [9.17, 15) is 14.7 Å². The van der Waals surface area contributed by atoms with Gasteiger partial charge in [-0.3, -0.25) is 0 Å². The van der Waals surface area contributed by atoms with Crippen LogP contribution in [-0.2, 0) is 19.1 Å². The zero-order chi connectivity index (χ0) is 25.3. The predicted octanol–water partition coefficient (Wildman–Crippen LogP) is 5.37. The summed E-state index contributed by atoms with van der Waals surface area (Å²) in [5.41, 5.74) is 2.20. The van der Waals surface area contributed by atoms with Gasteiger partial charge in [-0.2, -0.15) is 0 Å². The molecule has 188 valence electrons. The van der Waals surface area contributed by atoms with Crippen molar-refractivity contribution in [3.05, 3.63) is 59.3 Å². The standard InChI is InChI=1S/C30H38O5/c1-17-7-10-24(34-27(17)32)19(3)21-13-14-29(6)23(18(21)2)16-30(33)15-20-8-12-26(31)35-28(4,5)22(20)9-11-25(29)30/h7-8,12-13,15,19,22-25,33H,2,9-11,14,16H2,1,3-6H3/t19-,22?,23?,24?,25?,29-,30-/m1/s1. The van der Waals surface area contributed by atoms with Crippen molar-refractivity contribution in [3.63, 3.8) is 0 Å². The van der Waals surface area contributed by atoms with Crippen molar-refractivity contribution in [3.8, 4) is 0 Å². The van der Waals surface area contributed by atoms with Gasteiger partial charge in [0, 0.05) is 29.9 Å². The maximum Gasteiger partial charge on any atom is 0.333 e. The summed E-state index contributed by atoms with van der Waals surface area (Å²) in [5, 5.41) is 12.1. The smallest absolute Gasteiger partial charge is 0.333 e. The molecule has 2 heterocycles. The Balaban J connectivity index is 1.45. The second-order valence-electron chi connectivity index (χ2n) is 12.2. The highest BCUT2D eigenvalue weighted by Crippen LogP contribution is 2.64. The molecule has 5 nitrogen and oxygen atoms in total. The summed E-state index contributed by atoms with van der Waals surface area (Å²) in [6.07, 6.45) is 13.3. The van der Waals surface area contributed by atoms with Gasteiger partial charge < -0.3 is 14.6 Å². The maximum atomic E-state index is 12.2. The minimum Gasteiger partial charge on any atom is -0.458 e. The van der Waals surface area contributed by atoms with Crippen molar-refractivity contribution in [1.29, 1.82) is 0 Å². The lowest BCUT2D eigenvalue weighted by Gasteiger charge is -2.44. The average Bonchev–Trinajstić information content (AvgIpc) is 2.86.